The summed E-state index contributed by atoms with van der Waals surface area (Å²) in [5.41, 5.74) is -0.962. The number of aliphatic hydroxyl groups excluding tert-OH is 1. The van der Waals surface area contributed by atoms with Gasteiger partial charge in [0.25, 0.3) is 0 Å². The van der Waals surface area contributed by atoms with Crippen LogP contribution >= 0.6 is 0 Å². The summed E-state index contributed by atoms with van der Waals surface area (Å²) < 4.78 is 0. The van der Waals surface area contributed by atoms with Crippen LogP contribution in [0.4, 0.5) is 0 Å². The highest BCUT2D eigenvalue weighted by Gasteiger charge is 2.61. The van der Waals surface area contributed by atoms with E-state index in [9.17, 15) is 15.0 Å². The van der Waals surface area contributed by atoms with Gasteiger partial charge in [-0.15, -0.1) is 0 Å². The summed E-state index contributed by atoms with van der Waals surface area (Å²) in [7, 11) is 0. The molecule has 0 saturated heterocycles. The van der Waals surface area contributed by atoms with Gasteiger partial charge in [-0.1, -0.05) is 30.3 Å². The van der Waals surface area contributed by atoms with E-state index in [4.69, 9.17) is 0 Å². The SMILES string of the molecule is O=C1CCC[C@@]2(O)[C@H](O)CCC[C@@]12Cc1ccccc1. The van der Waals surface area contributed by atoms with Gasteiger partial charge in [-0.25, -0.2) is 0 Å². The Balaban J connectivity index is 2.02. The third kappa shape index (κ3) is 1.92. The average molecular weight is 274 g/mol. The lowest BCUT2D eigenvalue weighted by molar-refractivity contribution is -0.202. The van der Waals surface area contributed by atoms with Crippen LogP contribution in [0.3, 0.4) is 0 Å². The van der Waals surface area contributed by atoms with Crippen LogP contribution in [0.15, 0.2) is 30.3 Å². The van der Waals surface area contributed by atoms with Crippen molar-refractivity contribution < 1.29 is 15.0 Å². The monoisotopic (exact) mass is 274 g/mol. The molecule has 3 heteroatoms. The molecule has 2 N–H and O–H groups in total. The zero-order valence-electron chi connectivity index (χ0n) is 11.7. The predicted octanol–water partition coefficient (Wildman–Crippen LogP) is 2.24. The first-order valence-corrected chi connectivity index (χ1v) is 7.56. The normalized spacial score (nSPS) is 37.5. The summed E-state index contributed by atoms with van der Waals surface area (Å²) in [6.07, 6.45) is 3.61. The average Bonchev–Trinajstić information content (AvgIpc) is 2.44. The summed E-state index contributed by atoms with van der Waals surface area (Å²) in [5, 5.41) is 21.4. The number of ketones is 1. The van der Waals surface area contributed by atoms with Gasteiger partial charge in [0.1, 0.15) is 11.4 Å². The van der Waals surface area contributed by atoms with Gasteiger partial charge in [0.05, 0.1) is 11.5 Å². The van der Waals surface area contributed by atoms with E-state index in [1.165, 1.54) is 0 Å². The number of hydrogen-bond acceptors (Lipinski definition) is 3. The summed E-state index contributed by atoms with van der Waals surface area (Å²) in [6, 6.07) is 9.86. The number of aliphatic hydroxyl groups is 2. The smallest absolute Gasteiger partial charge is 0.142 e. The molecule has 0 radical (unpaired) electrons. The van der Waals surface area contributed by atoms with Crippen LogP contribution in [0.25, 0.3) is 0 Å². The molecule has 0 spiro atoms. The van der Waals surface area contributed by atoms with Crippen LogP contribution in [0.5, 0.6) is 0 Å². The largest absolute Gasteiger partial charge is 0.390 e. The molecule has 1 aromatic carbocycles. The van der Waals surface area contributed by atoms with Crippen molar-refractivity contribution in [2.24, 2.45) is 5.41 Å². The summed E-state index contributed by atoms with van der Waals surface area (Å²) in [5.74, 6) is 0.133. The van der Waals surface area contributed by atoms with Crippen LogP contribution in [0.2, 0.25) is 0 Å². The van der Waals surface area contributed by atoms with Gasteiger partial charge in [-0.05, 0) is 44.1 Å². The minimum absolute atomic E-state index is 0.133. The Morgan fingerprint density at radius 1 is 1.15 bits per heavy atom. The molecule has 0 aromatic heterocycles. The number of carbonyl (C=O) groups is 1. The highest BCUT2D eigenvalue weighted by Crippen LogP contribution is 2.53. The Kier molecular flexibility index (Phi) is 3.43. The van der Waals surface area contributed by atoms with Crippen molar-refractivity contribution in [3.8, 4) is 0 Å². The lowest BCUT2D eigenvalue weighted by Crippen LogP contribution is -2.65. The van der Waals surface area contributed by atoms with Crippen LogP contribution < -0.4 is 0 Å². The fourth-order valence-electron chi connectivity index (χ4n) is 4.20. The van der Waals surface area contributed by atoms with Gasteiger partial charge < -0.3 is 10.2 Å². The fourth-order valence-corrected chi connectivity index (χ4v) is 4.20. The second-order valence-corrected chi connectivity index (χ2v) is 6.35. The van der Waals surface area contributed by atoms with Crippen molar-refractivity contribution in [3.05, 3.63) is 35.9 Å². The first-order valence-electron chi connectivity index (χ1n) is 7.56. The first kappa shape index (κ1) is 13.8. The standard InChI is InChI=1S/C17H22O3/c18-14-8-5-11-17(20)15(19)9-4-10-16(14,17)12-13-6-2-1-3-7-13/h1-3,6-7,15,19-20H,4-5,8-12H2/t15-,16-,17-/m1/s1. The molecule has 108 valence electrons. The second kappa shape index (κ2) is 4.97. The molecule has 0 amide bonds. The maximum atomic E-state index is 12.6. The van der Waals surface area contributed by atoms with E-state index >= 15 is 0 Å². The van der Waals surface area contributed by atoms with Crippen molar-refractivity contribution in [2.75, 3.05) is 0 Å². The number of hydrogen-bond donors (Lipinski definition) is 2. The topological polar surface area (TPSA) is 57.5 Å². The molecule has 0 heterocycles. The molecule has 0 aliphatic heterocycles. The highest BCUT2D eigenvalue weighted by molar-refractivity contribution is 5.87. The van der Waals surface area contributed by atoms with Crippen molar-refractivity contribution in [3.63, 3.8) is 0 Å². The number of rotatable bonds is 2. The predicted molar refractivity (Wildman–Crippen MR) is 76.2 cm³/mol. The van der Waals surface area contributed by atoms with E-state index in [0.29, 0.717) is 38.5 Å². The third-order valence-electron chi connectivity index (χ3n) is 5.31. The maximum Gasteiger partial charge on any atom is 0.142 e. The Labute approximate surface area is 119 Å². The number of Topliss-reactive ketones (excluding diaryl/α,β-unsaturated/α-hetero) is 1. The minimum atomic E-state index is -1.24. The summed E-state index contributed by atoms with van der Waals surface area (Å²) in [4.78, 5) is 12.6. The zero-order valence-corrected chi connectivity index (χ0v) is 11.7. The van der Waals surface area contributed by atoms with E-state index < -0.39 is 17.1 Å². The van der Waals surface area contributed by atoms with Crippen molar-refractivity contribution in [1.82, 2.24) is 0 Å². The molecule has 0 unspecified atom stereocenters. The fraction of sp³-hybridized carbons (Fsp3) is 0.588. The molecule has 2 saturated carbocycles. The van der Waals surface area contributed by atoms with Gasteiger partial charge in [-0.3, -0.25) is 4.79 Å². The van der Waals surface area contributed by atoms with Crippen molar-refractivity contribution >= 4 is 5.78 Å². The van der Waals surface area contributed by atoms with Gasteiger partial charge in [0, 0.05) is 6.42 Å². The quantitative estimate of drug-likeness (QED) is 0.869. The number of carbonyl (C=O) groups excluding carboxylic acids is 1. The molecule has 20 heavy (non-hydrogen) atoms. The Hall–Kier alpha value is -1.19. The van der Waals surface area contributed by atoms with Gasteiger partial charge in [0.2, 0.25) is 0 Å². The van der Waals surface area contributed by atoms with E-state index in [-0.39, 0.29) is 5.78 Å². The Bertz CT molecular complexity index is 498. The Morgan fingerprint density at radius 3 is 2.65 bits per heavy atom. The molecule has 2 aliphatic rings. The molecule has 2 fully saturated rings. The molecular formula is C17H22O3. The number of fused-ring (bicyclic) bond motifs is 1. The van der Waals surface area contributed by atoms with Crippen molar-refractivity contribution in [1.29, 1.82) is 0 Å². The van der Waals surface area contributed by atoms with E-state index in [1.807, 2.05) is 30.3 Å². The van der Waals surface area contributed by atoms with Gasteiger partial charge in [-0.2, -0.15) is 0 Å². The van der Waals surface area contributed by atoms with Crippen LogP contribution in [0, 0.1) is 5.41 Å². The van der Waals surface area contributed by atoms with Crippen molar-refractivity contribution in [2.45, 2.75) is 56.7 Å². The van der Waals surface area contributed by atoms with Crippen LogP contribution in [0.1, 0.15) is 44.1 Å². The van der Waals surface area contributed by atoms with Crippen LogP contribution in [-0.2, 0) is 11.2 Å². The maximum absolute atomic E-state index is 12.6. The Morgan fingerprint density at radius 2 is 1.90 bits per heavy atom. The molecule has 0 bridgehead atoms. The lowest BCUT2D eigenvalue weighted by atomic mass is 9.53. The summed E-state index contributed by atoms with van der Waals surface area (Å²) >= 11 is 0. The highest BCUT2D eigenvalue weighted by atomic mass is 16.3. The third-order valence-corrected chi connectivity index (χ3v) is 5.31. The minimum Gasteiger partial charge on any atom is -0.390 e. The van der Waals surface area contributed by atoms with E-state index in [0.717, 1.165) is 12.0 Å². The van der Waals surface area contributed by atoms with E-state index in [1.54, 1.807) is 0 Å². The molecule has 3 atom stereocenters. The molecular weight excluding hydrogens is 252 g/mol. The van der Waals surface area contributed by atoms with Crippen LogP contribution in [-0.4, -0.2) is 27.7 Å². The van der Waals surface area contributed by atoms with Gasteiger partial charge in [0.15, 0.2) is 0 Å². The van der Waals surface area contributed by atoms with E-state index in [2.05, 4.69) is 0 Å². The molecule has 2 aliphatic carbocycles. The zero-order chi connectivity index (χ0) is 14.2. The molecule has 3 rings (SSSR count). The molecule has 3 nitrogen and oxygen atoms in total. The molecule has 1 aromatic rings. The van der Waals surface area contributed by atoms with Gasteiger partial charge >= 0.3 is 0 Å². The summed E-state index contributed by atoms with van der Waals surface area (Å²) in [6.45, 7) is 0. The second-order valence-electron chi connectivity index (χ2n) is 6.35. The first-order chi connectivity index (χ1) is 9.58. The lowest BCUT2D eigenvalue weighted by Gasteiger charge is -2.54. The number of benzene rings is 1.